The molecule has 2 amide bonds. The van der Waals surface area contributed by atoms with Gasteiger partial charge < -0.3 is 15.4 Å². The van der Waals surface area contributed by atoms with E-state index >= 15 is 0 Å². The molecule has 0 radical (unpaired) electrons. The van der Waals surface area contributed by atoms with Crippen molar-refractivity contribution in [3.05, 3.63) is 17.0 Å². The van der Waals surface area contributed by atoms with Crippen molar-refractivity contribution in [2.75, 3.05) is 6.61 Å². The zero-order chi connectivity index (χ0) is 19.4. The van der Waals surface area contributed by atoms with E-state index in [-0.39, 0.29) is 23.8 Å². The van der Waals surface area contributed by atoms with Crippen LogP contribution in [0.1, 0.15) is 68.8 Å². The molecule has 2 aliphatic rings. The zero-order valence-electron chi connectivity index (χ0n) is 16.7. The number of rotatable bonds is 5. The van der Waals surface area contributed by atoms with Gasteiger partial charge in [0.05, 0.1) is 5.69 Å². The van der Waals surface area contributed by atoms with Crippen LogP contribution >= 0.6 is 0 Å². The third-order valence-corrected chi connectivity index (χ3v) is 6.10. The van der Waals surface area contributed by atoms with Crippen LogP contribution in [0, 0.1) is 19.8 Å². The first-order chi connectivity index (χ1) is 12.9. The summed E-state index contributed by atoms with van der Waals surface area (Å²) in [4.78, 5) is 25.1. The number of nitrogens with zero attached hydrogens (tertiary/aromatic N) is 1. The molecule has 150 valence electrons. The van der Waals surface area contributed by atoms with Crippen molar-refractivity contribution in [1.29, 1.82) is 0 Å². The third-order valence-electron chi connectivity index (χ3n) is 6.10. The first-order valence-corrected chi connectivity index (χ1v) is 10.1. The van der Waals surface area contributed by atoms with Gasteiger partial charge in [0.15, 0.2) is 0 Å². The van der Waals surface area contributed by atoms with Gasteiger partial charge in [-0.05, 0) is 65.7 Å². The fourth-order valence-electron chi connectivity index (χ4n) is 4.11. The predicted octanol–water partition coefficient (Wildman–Crippen LogP) is 2.28. The summed E-state index contributed by atoms with van der Waals surface area (Å²) in [5.41, 5.74) is 2.30. The molecule has 1 aliphatic carbocycles. The Morgan fingerprint density at radius 1 is 1.22 bits per heavy atom. The fraction of sp³-hybridized carbons (Fsp3) is 0.750. The highest BCUT2D eigenvalue weighted by atomic mass is 16.5. The number of hydrogen-bond acceptors (Lipinski definition) is 4. The van der Waals surface area contributed by atoms with Crippen LogP contribution in [0.5, 0.6) is 0 Å². The predicted molar refractivity (Wildman–Crippen MR) is 102 cm³/mol. The molecule has 1 saturated carbocycles. The number of carbonyl (C=O) groups excluding carboxylic acids is 2. The van der Waals surface area contributed by atoms with Crippen LogP contribution < -0.4 is 10.6 Å². The maximum Gasteiger partial charge on any atom is 0.252 e. The van der Waals surface area contributed by atoms with E-state index in [2.05, 4.69) is 20.8 Å². The van der Waals surface area contributed by atoms with E-state index < -0.39 is 5.60 Å². The van der Waals surface area contributed by atoms with Gasteiger partial charge in [-0.2, -0.15) is 5.10 Å². The molecule has 1 saturated heterocycles. The Morgan fingerprint density at radius 2 is 1.96 bits per heavy atom. The van der Waals surface area contributed by atoms with E-state index in [0.29, 0.717) is 13.2 Å². The Morgan fingerprint density at radius 3 is 2.56 bits per heavy atom. The summed E-state index contributed by atoms with van der Waals surface area (Å²) in [7, 11) is 0. The van der Waals surface area contributed by atoms with E-state index in [4.69, 9.17) is 4.74 Å². The average Bonchev–Trinajstić information content (AvgIpc) is 2.99. The first kappa shape index (κ1) is 19.9. The summed E-state index contributed by atoms with van der Waals surface area (Å²) in [6.07, 6.45) is 6.12. The van der Waals surface area contributed by atoms with Crippen molar-refractivity contribution in [2.45, 2.75) is 83.9 Å². The molecule has 27 heavy (non-hydrogen) atoms. The maximum absolute atomic E-state index is 12.6. The molecule has 0 spiro atoms. The number of nitrogens with one attached hydrogen (secondary N) is 3. The van der Waals surface area contributed by atoms with Gasteiger partial charge in [-0.15, -0.1) is 0 Å². The van der Waals surface area contributed by atoms with Crippen molar-refractivity contribution >= 4 is 11.8 Å². The van der Waals surface area contributed by atoms with Crippen molar-refractivity contribution in [2.24, 2.45) is 5.92 Å². The van der Waals surface area contributed by atoms with Crippen LogP contribution in [0.2, 0.25) is 0 Å². The van der Waals surface area contributed by atoms with E-state index in [9.17, 15) is 9.59 Å². The SMILES string of the molecule is Cc1n[nH]c(C)c1CNC(=O)C1CCC(NC(=O)C2(C)CCCCO2)CC1. The van der Waals surface area contributed by atoms with Crippen LogP contribution in [0.15, 0.2) is 0 Å². The molecule has 1 atom stereocenters. The largest absolute Gasteiger partial charge is 0.365 e. The first-order valence-electron chi connectivity index (χ1n) is 10.1. The van der Waals surface area contributed by atoms with Crippen LogP contribution in [0.25, 0.3) is 0 Å². The number of H-pyrrole nitrogens is 1. The topological polar surface area (TPSA) is 96.1 Å². The molecule has 3 rings (SSSR count). The lowest BCUT2D eigenvalue weighted by Crippen LogP contribution is -2.52. The summed E-state index contributed by atoms with van der Waals surface area (Å²) < 4.78 is 5.73. The number of hydrogen-bond donors (Lipinski definition) is 3. The molecule has 7 heteroatoms. The van der Waals surface area contributed by atoms with Gasteiger partial charge in [-0.1, -0.05) is 0 Å². The molecule has 7 nitrogen and oxygen atoms in total. The Hall–Kier alpha value is -1.89. The van der Waals surface area contributed by atoms with Crippen molar-refractivity contribution in [3.8, 4) is 0 Å². The third kappa shape index (κ3) is 4.69. The minimum atomic E-state index is -0.688. The molecule has 1 aliphatic heterocycles. The quantitative estimate of drug-likeness (QED) is 0.734. The van der Waals surface area contributed by atoms with Crippen LogP contribution in [-0.4, -0.2) is 40.3 Å². The lowest BCUT2D eigenvalue weighted by molar-refractivity contribution is -0.151. The molecular weight excluding hydrogens is 344 g/mol. The van der Waals surface area contributed by atoms with Gasteiger partial charge in [0.1, 0.15) is 5.60 Å². The van der Waals surface area contributed by atoms with Gasteiger partial charge >= 0.3 is 0 Å². The van der Waals surface area contributed by atoms with Gasteiger partial charge in [0.25, 0.3) is 5.91 Å². The second-order valence-electron chi connectivity index (χ2n) is 8.19. The summed E-state index contributed by atoms with van der Waals surface area (Å²) in [6, 6.07) is 0.141. The van der Waals surface area contributed by atoms with E-state index in [1.54, 1.807) is 0 Å². The monoisotopic (exact) mass is 376 g/mol. The fourth-order valence-corrected chi connectivity index (χ4v) is 4.11. The number of aromatic amines is 1. The number of carbonyl (C=O) groups is 2. The van der Waals surface area contributed by atoms with Crippen molar-refractivity contribution < 1.29 is 14.3 Å². The van der Waals surface area contributed by atoms with Crippen LogP contribution in [0.3, 0.4) is 0 Å². The molecule has 1 unspecified atom stereocenters. The number of aryl methyl sites for hydroxylation is 2. The van der Waals surface area contributed by atoms with E-state index in [1.807, 2.05) is 20.8 Å². The Bertz CT molecular complexity index is 651. The van der Waals surface area contributed by atoms with E-state index in [0.717, 1.165) is 61.9 Å². The summed E-state index contributed by atoms with van der Waals surface area (Å²) in [5.74, 6) is 0.121. The summed E-state index contributed by atoms with van der Waals surface area (Å²) >= 11 is 0. The second kappa shape index (κ2) is 8.42. The molecule has 1 aromatic heterocycles. The standard InChI is InChI=1S/C20H32N4O3/c1-13-17(14(2)24-23-13)12-21-18(25)15-6-8-16(9-7-15)22-19(26)20(3)10-4-5-11-27-20/h15-16H,4-12H2,1-3H3,(H,21,25)(H,22,26)(H,23,24). The van der Waals surface area contributed by atoms with Crippen molar-refractivity contribution in [3.63, 3.8) is 0 Å². The number of aromatic nitrogens is 2. The Balaban J connectivity index is 1.43. The lowest BCUT2D eigenvalue weighted by atomic mass is 9.84. The number of amides is 2. The second-order valence-corrected chi connectivity index (χ2v) is 8.19. The van der Waals surface area contributed by atoms with E-state index in [1.165, 1.54) is 0 Å². The van der Waals surface area contributed by atoms with Crippen LogP contribution in [-0.2, 0) is 20.9 Å². The van der Waals surface area contributed by atoms with Gasteiger partial charge in [0.2, 0.25) is 5.91 Å². The highest BCUT2D eigenvalue weighted by Crippen LogP contribution is 2.28. The van der Waals surface area contributed by atoms with Gasteiger partial charge in [0, 0.05) is 36.4 Å². The molecule has 3 N–H and O–H groups in total. The zero-order valence-corrected chi connectivity index (χ0v) is 16.7. The minimum Gasteiger partial charge on any atom is -0.365 e. The smallest absolute Gasteiger partial charge is 0.252 e. The summed E-state index contributed by atoms with van der Waals surface area (Å²) in [5, 5.41) is 13.3. The molecule has 2 heterocycles. The van der Waals surface area contributed by atoms with Crippen molar-refractivity contribution in [1.82, 2.24) is 20.8 Å². The molecule has 0 aromatic carbocycles. The highest BCUT2D eigenvalue weighted by Gasteiger charge is 2.37. The van der Waals surface area contributed by atoms with Gasteiger partial charge in [-0.3, -0.25) is 14.7 Å². The van der Waals surface area contributed by atoms with Crippen LogP contribution in [0.4, 0.5) is 0 Å². The highest BCUT2D eigenvalue weighted by molar-refractivity contribution is 5.85. The maximum atomic E-state index is 12.6. The van der Waals surface area contributed by atoms with Gasteiger partial charge in [-0.25, -0.2) is 0 Å². The Kier molecular flexibility index (Phi) is 6.19. The number of ether oxygens (including phenoxy) is 1. The Labute approximate surface area is 161 Å². The normalized spacial score (nSPS) is 28.6. The lowest BCUT2D eigenvalue weighted by Gasteiger charge is -2.35. The minimum absolute atomic E-state index is 0.000935. The average molecular weight is 377 g/mol. The molecule has 1 aromatic rings. The molecular formula is C20H32N4O3. The molecule has 0 bridgehead atoms. The summed E-state index contributed by atoms with van der Waals surface area (Å²) in [6.45, 7) is 6.97. The molecule has 2 fully saturated rings.